The van der Waals surface area contributed by atoms with E-state index in [0.717, 1.165) is 17.8 Å². The van der Waals surface area contributed by atoms with Crippen molar-refractivity contribution in [3.63, 3.8) is 0 Å². The molecule has 0 saturated heterocycles. The molecule has 0 bridgehead atoms. The molecule has 23 heavy (non-hydrogen) atoms. The van der Waals surface area contributed by atoms with Gasteiger partial charge < -0.3 is 14.8 Å². The van der Waals surface area contributed by atoms with E-state index < -0.39 is 5.97 Å². The van der Waals surface area contributed by atoms with Crippen LogP contribution in [-0.4, -0.2) is 24.0 Å². The maximum absolute atomic E-state index is 12.0. The molecule has 120 valence electrons. The third-order valence-corrected chi connectivity index (χ3v) is 4.13. The number of ether oxygens (including phenoxy) is 2. The molecule has 3 rings (SSSR count). The van der Waals surface area contributed by atoms with Crippen molar-refractivity contribution < 1.29 is 19.1 Å². The lowest BCUT2D eigenvalue weighted by atomic mass is 10.3. The van der Waals surface area contributed by atoms with Crippen molar-refractivity contribution >= 4 is 28.9 Å². The third-order valence-electron chi connectivity index (χ3n) is 3.31. The highest BCUT2D eigenvalue weighted by Crippen LogP contribution is 2.30. The summed E-state index contributed by atoms with van der Waals surface area (Å²) >= 11 is 1.35. The van der Waals surface area contributed by atoms with Gasteiger partial charge in [-0.15, -0.1) is 11.3 Å². The highest BCUT2D eigenvalue weighted by molar-refractivity contribution is 7.09. The Morgan fingerprint density at radius 2 is 2.04 bits per heavy atom. The van der Waals surface area contributed by atoms with E-state index in [4.69, 9.17) is 9.47 Å². The van der Waals surface area contributed by atoms with Gasteiger partial charge in [0.15, 0.2) is 5.69 Å². The second-order valence-electron chi connectivity index (χ2n) is 5.24. The summed E-state index contributed by atoms with van der Waals surface area (Å²) in [6, 6.07) is 6.70. The molecule has 1 fully saturated rings. The van der Waals surface area contributed by atoms with Crippen LogP contribution in [0, 0.1) is 5.92 Å². The minimum atomic E-state index is -0.515. The number of benzene rings is 1. The topological polar surface area (TPSA) is 77.5 Å². The molecule has 1 saturated carbocycles. The summed E-state index contributed by atoms with van der Waals surface area (Å²) in [5, 5.41) is 5.19. The zero-order valence-electron chi connectivity index (χ0n) is 12.6. The number of carbonyl (C=O) groups is 2. The molecule has 0 aliphatic heterocycles. The molecule has 2 aromatic rings. The van der Waals surface area contributed by atoms with Gasteiger partial charge in [-0.1, -0.05) is 0 Å². The number of amides is 1. The van der Waals surface area contributed by atoms with Gasteiger partial charge in [0.25, 0.3) is 0 Å². The molecule has 1 N–H and O–H groups in total. The van der Waals surface area contributed by atoms with Crippen LogP contribution in [0.5, 0.6) is 5.75 Å². The highest BCUT2D eigenvalue weighted by atomic mass is 32.1. The van der Waals surface area contributed by atoms with Crippen LogP contribution < -0.4 is 10.1 Å². The van der Waals surface area contributed by atoms with E-state index in [1.807, 2.05) is 0 Å². The van der Waals surface area contributed by atoms with Crippen LogP contribution in [0.4, 0.5) is 5.69 Å². The van der Waals surface area contributed by atoms with Crippen molar-refractivity contribution in [2.45, 2.75) is 19.4 Å². The van der Waals surface area contributed by atoms with Gasteiger partial charge in [0, 0.05) is 24.1 Å². The predicted molar refractivity (Wildman–Crippen MR) is 85.6 cm³/mol. The van der Waals surface area contributed by atoms with Gasteiger partial charge in [0.2, 0.25) is 5.91 Å². The molecule has 1 aromatic carbocycles. The molecule has 6 nitrogen and oxygen atoms in total. The average molecular weight is 332 g/mol. The van der Waals surface area contributed by atoms with E-state index in [-0.39, 0.29) is 17.5 Å². The fourth-order valence-corrected chi connectivity index (χ4v) is 2.68. The van der Waals surface area contributed by atoms with Crippen LogP contribution >= 0.6 is 11.3 Å². The molecule has 0 radical (unpaired) electrons. The summed E-state index contributed by atoms with van der Waals surface area (Å²) in [6.45, 7) is 0.368. The number of thiazole rings is 1. The molecule has 1 amide bonds. The lowest BCUT2D eigenvalue weighted by molar-refractivity contribution is -0.117. The normalized spacial score (nSPS) is 13.6. The van der Waals surface area contributed by atoms with E-state index >= 15 is 0 Å². The Bertz CT molecular complexity index is 707. The Hall–Kier alpha value is -2.25. The van der Waals surface area contributed by atoms with Crippen LogP contribution in [0.3, 0.4) is 0 Å². The number of methoxy groups -OCH3 is 1. The van der Waals surface area contributed by atoms with Gasteiger partial charge in [-0.05, 0) is 37.1 Å². The molecule has 7 heteroatoms. The predicted octanol–water partition coefficient (Wildman–Crippen LogP) is 2.86. The molecule has 0 atom stereocenters. The van der Waals surface area contributed by atoms with Crippen LogP contribution in [0.25, 0.3) is 0 Å². The van der Waals surface area contributed by atoms with E-state index in [0.29, 0.717) is 18.0 Å². The average Bonchev–Trinajstić information content (AvgIpc) is 3.29. The van der Waals surface area contributed by atoms with E-state index in [9.17, 15) is 9.59 Å². The van der Waals surface area contributed by atoms with E-state index in [1.165, 1.54) is 11.3 Å². The lowest BCUT2D eigenvalue weighted by Gasteiger charge is -2.06. The second-order valence-corrected chi connectivity index (χ2v) is 6.18. The van der Waals surface area contributed by atoms with Crippen LogP contribution in [0.2, 0.25) is 0 Å². The van der Waals surface area contributed by atoms with Crippen molar-refractivity contribution in [2.75, 3.05) is 12.4 Å². The van der Waals surface area contributed by atoms with Crippen LogP contribution in [-0.2, 0) is 16.1 Å². The Morgan fingerprint density at radius 1 is 1.30 bits per heavy atom. The number of rotatable bonds is 6. The summed E-state index contributed by atoms with van der Waals surface area (Å²) in [4.78, 5) is 27.8. The largest absolute Gasteiger partial charge is 0.422 e. The fraction of sp³-hybridized carbons (Fsp3) is 0.312. The summed E-state index contributed by atoms with van der Waals surface area (Å²) in [5.74, 6) is 0.0837. The van der Waals surface area contributed by atoms with Crippen molar-refractivity contribution in [2.24, 2.45) is 5.92 Å². The number of anilines is 1. The molecule has 1 aliphatic rings. The maximum Gasteiger partial charge on any atom is 0.363 e. The van der Waals surface area contributed by atoms with Gasteiger partial charge in [0.05, 0.1) is 6.61 Å². The molecule has 0 spiro atoms. The first-order valence-corrected chi connectivity index (χ1v) is 8.10. The summed E-state index contributed by atoms with van der Waals surface area (Å²) in [7, 11) is 1.57. The van der Waals surface area contributed by atoms with Gasteiger partial charge >= 0.3 is 5.97 Å². The molecule has 1 aliphatic carbocycles. The second kappa shape index (κ2) is 6.89. The number of aromatic nitrogens is 1. The van der Waals surface area contributed by atoms with Crippen molar-refractivity contribution in [1.82, 2.24) is 4.98 Å². The summed E-state index contributed by atoms with van der Waals surface area (Å²) in [6.07, 6.45) is 1.92. The standard InChI is InChI=1S/C16H16N2O4S/c1-21-8-14-18-13(9-23-14)16(20)22-12-6-4-11(5-7-12)17-15(19)10-2-3-10/h4-7,9-10H,2-3,8H2,1H3,(H,17,19). The Morgan fingerprint density at radius 3 is 2.70 bits per heavy atom. The van der Waals surface area contributed by atoms with Gasteiger partial charge in [-0.25, -0.2) is 9.78 Å². The Kier molecular flexibility index (Phi) is 4.68. The molecule has 1 aromatic heterocycles. The minimum absolute atomic E-state index is 0.0443. The smallest absolute Gasteiger partial charge is 0.363 e. The monoisotopic (exact) mass is 332 g/mol. The summed E-state index contributed by atoms with van der Waals surface area (Å²) < 4.78 is 10.2. The first-order valence-electron chi connectivity index (χ1n) is 7.22. The molecular formula is C16H16N2O4S. The number of hydrogen-bond acceptors (Lipinski definition) is 6. The summed E-state index contributed by atoms with van der Waals surface area (Å²) in [5.41, 5.74) is 0.950. The van der Waals surface area contributed by atoms with E-state index in [2.05, 4.69) is 10.3 Å². The first kappa shape index (κ1) is 15.6. The molecule has 0 unspecified atom stereocenters. The molecular weight excluding hydrogens is 316 g/mol. The Balaban J connectivity index is 1.58. The number of nitrogens with one attached hydrogen (secondary N) is 1. The van der Waals surface area contributed by atoms with E-state index in [1.54, 1.807) is 36.8 Å². The van der Waals surface area contributed by atoms with Crippen molar-refractivity contribution in [3.05, 3.63) is 40.3 Å². The number of hydrogen-bond donors (Lipinski definition) is 1. The SMILES string of the molecule is COCc1nc(C(=O)Oc2ccc(NC(=O)C3CC3)cc2)cs1. The van der Waals surface area contributed by atoms with Gasteiger partial charge in [0.1, 0.15) is 10.8 Å². The number of nitrogens with zero attached hydrogens (tertiary/aromatic N) is 1. The number of carbonyl (C=O) groups excluding carboxylic acids is 2. The zero-order chi connectivity index (χ0) is 16.2. The fourth-order valence-electron chi connectivity index (χ4n) is 1.95. The van der Waals surface area contributed by atoms with Gasteiger partial charge in [-0.2, -0.15) is 0 Å². The number of esters is 1. The Labute approximate surface area is 137 Å². The zero-order valence-corrected chi connectivity index (χ0v) is 13.4. The lowest BCUT2D eigenvalue weighted by Crippen LogP contribution is -2.13. The van der Waals surface area contributed by atoms with Crippen LogP contribution in [0.1, 0.15) is 28.3 Å². The highest BCUT2D eigenvalue weighted by Gasteiger charge is 2.29. The quantitative estimate of drug-likeness (QED) is 0.650. The maximum atomic E-state index is 12.0. The first-order chi connectivity index (χ1) is 11.2. The van der Waals surface area contributed by atoms with Crippen molar-refractivity contribution in [3.8, 4) is 5.75 Å². The van der Waals surface area contributed by atoms with Crippen molar-refractivity contribution in [1.29, 1.82) is 0 Å². The molecule has 1 heterocycles. The van der Waals surface area contributed by atoms with Crippen LogP contribution in [0.15, 0.2) is 29.6 Å². The van der Waals surface area contributed by atoms with Gasteiger partial charge in [-0.3, -0.25) is 4.79 Å². The third kappa shape index (κ3) is 4.14. The minimum Gasteiger partial charge on any atom is -0.422 e.